The topological polar surface area (TPSA) is 9.86 Å². The fourth-order valence-corrected chi connectivity index (χ4v) is 9.55. The minimum atomic E-state index is 1.08. The highest BCUT2D eigenvalue weighted by Crippen LogP contribution is 2.44. The summed E-state index contributed by atoms with van der Waals surface area (Å²) in [6.07, 6.45) is 6.78. The second-order valence-electron chi connectivity index (χ2n) is 15.2. The second kappa shape index (κ2) is 12.2. The molecule has 12 rings (SSSR count). The maximum absolute atomic E-state index is 2.48. The van der Waals surface area contributed by atoms with Gasteiger partial charge in [0.05, 0.1) is 22.1 Å². The summed E-state index contributed by atoms with van der Waals surface area (Å²) >= 11 is 0. The quantitative estimate of drug-likeness (QED) is 0.172. The van der Waals surface area contributed by atoms with Crippen molar-refractivity contribution < 1.29 is 0 Å². The minimum Gasteiger partial charge on any atom is -0.309 e. The Kier molecular flexibility index (Phi) is 6.79. The highest BCUT2D eigenvalue weighted by molar-refractivity contribution is 6.30. The molecule has 0 aliphatic heterocycles. The molecule has 56 heavy (non-hydrogen) atoms. The van der Waals surface area contributed by atoms with Crippen molar-refractivity contribution in [1.82, 2.24) is 9.13 Å². The zero-order valence-electron chi connectivity index (χ0n) is 30.8. The van der Waals surface area contributed by atoms with E-state index in [1.807, 2.05) is 0 Å². The van der Waals surface area contributed by atoms with Gasteiger partial charge in [-0.25, -0.2) is 0 Å². The zero-order chi connectivity index (χ0) is 36.7. The number of benzene rings is 9. The van der Waals surface area contributed by atoms with E-state index in [9.17, 15) is 0 Å². The number of aromatic nitrogens is 2. The molecule has 2 heteroatoms. The lowest BCUT2D eigenvalue weighted by atomic mass is 9.94. The van der Waals surface area contributed by atoms with Gasteiger partial charge in [-0.2, -0.15) is 0 Å². The number of aryl methyl sites for hydroxylation is 1. The van der Waals surface area contributed by atoms with Crippen LogP contribution in [0.1, 0.15) is 17.5 Å². The molecule has 1 aliphatic rings. The number of nitrogens with zero attached hydrogens (tertiary/aromatic N) is 2. The summed E-state index contributed by atoms with van der Waals surface area (Å²) in [5, 5.41) is 10.3. The number of hydrogen-bond donors (Lipinski definition) is 0. The molecule has 2 aromatic heterocycles. The maximum atomic E-state index is 2.48. The van der Waals surface area contributed by atoms with E-state index in [-0.39, 0.29) is 0 Å². The SMILES string of the molecule is C1=Cc2cc3c4ccc(-c5ccc(-n6c7ccc8ccccc8c7c7c8ccccc8c(-c8ccccc8)cc76)cc5)cc4n(-c4ccccc4)c3cc2CC1. The van der Waals surface area contributed by atoms with Crippen molar-refractivity contribution in [1.29, 1.82) is 0 Å². The number of para-hydroxylation sites is 1. The number of rotatable bonds is 4. The molecule has 11 aromatic rings. The Morgan fingerprint density at radius 2 is 1.04 bits per heavy atom. The molecular weight excluding hydrogens is 677 g/mol. The molecule has 1 aliphatic carbocycles. The average molecular weight is 713 g/mol. The first-order chi connectivity index (χ1) is 27.8. The van der Waals surface area contributed by atoms with E-state index < -0.39 is 0 Å². The fraction of sp³-hybridized carbons (Fsp3) is 0.0370. The largest absolute Gasteiger partial charge is 0.309 e. The summed E-state index contributed by atoms with van der Waals surface area (Å²) in [6.45, 7) is 0. The van der Waals surface area contributed by atoms with E-state index in [0.29, 0.717) is 0 Å². The van der Waals surface area contributed by atoms with Gasteiger partial charge in [0.25, 0.3) is 0 Å². The van der Waals surface area contributed by atoms with Gasteiger partial charge in [-0.15, -0.1) is 0 Å². The monoisotopic (exact) mass is 712 g/mol. The van der Waals surface area contributed by atoms with Gasteiger partial charge in [0.15, 0.2) is 0 Å². The van der Waals surface area contributed by atoms with Crippen LogP contribution in [0.5, 0.6) is 0 Å². The Balaban J connectivity index is 1.07. The molecule has 0 amide bonds. The predicted octanol–water partition coefficient (Wildman–Crippen LogP) is 14.5. The Morgan fingerprint density at radius 1 is 0.375 bits per heavy atom. The van der Waals surface area contributed by atoms with Crippen molar-refractivity contribution in [2.75, 3.05) is 0 Å². The molecule has 0 fully saturated rings. The van der Waals surface area contributed by atoms with E-state index in [0.717, 1.165) is 18.5 Å². The number of fused-ring (bicyclic) bond motifs is 11. The van der Waals surface area contributed by atoms with Gasteiger partial charge in [-0.1, -0.05) is 140 Å². The molecular formula is C54H36N2. The van der Waals surface area contributed by atoms with Crippen LogP contribution < -0.4 is 0 Å². The number of allylic oxidation sites excluding steroid dienone is 1. The first-order valence-electron chi connectivity index (χ1n) is 19.7. The van der Waals surface area contributed by atoms with Gasteiger partial charge < -0.3 is 9.13 Å². The van der Waals surface area contributed by atoms with Crippen LogP contribution in [0.4, 0.5) is 0 Å². The third-order valence-corrected chi connectivity index (χ3v) is 12.1. The van der Waals surface area contributed by atoms with Crippen molar-refractivity contribution in [3.63, 3.8) is 0 Å². The smallest absolute Gasteiger partial charge is 0.0553 e. The van der Waals surface area contributed by atoms with E-state index in [1.54, 1.807) is 0 Å². The van der Waals surface area contributed by atoms with Crippen LogP contribution in [0, 0.1) is 0 Å². The first-order valence-corrected chi connectivity index (χ1v) is 19.7. The normalized spacial score (nSPS) is 12.8. The molecule has 2 nitrogen and oxygen atoms in total. The molecule has 0 saturated carbocycles. The Hall–Kier alpha value is -7.16. The van der Waals surface area contributed by atoms with Crippen molar-refractivity contribution in [3.05, 3.63) is 199 Å². The van der Waals surface area contributed by atoms with Gasteiger partial charge >= 0.3 is 0 Å². The van der Waals surface area contributed by atoms with Crippen LogP contribution in [0.15, 0.2) is 188 Å². The molecule has 262 valence electrons. The maximum Gasteiger partial charge on any atom is 0.0553 e. The van der Waals surface area contributed by atoms with Crippen LogP contribution >= 0.6 is 0 Å². The summed E-state index contributed by atoms with van der Waals surface area (Å²) in [5.41, 5.74) is 14.9. The summed E-state index contributed by atoms with van der Waals surface area (Å²) in [4.78, 5) is 0. The molecule has 9 aromatic carbocycles. The van der Waals surface area contributed by atoms with E-state index >= 15 is 0 Å². The van der Waals surface area contributed by atoms with Gasteiger partial charge in [0, 0.05) is 32.9 Å². The van der Waals surface area contributed by atoms with Crippen molar-refractivity contribution in [2.24, 2.45) is 0 Å². The third-order valence-electron chi connectivity index (χ3n) is 12.1. The standard InChI is InChI=1S/C54H36N2/c1-3-13-36(14-4-1)47-34-52-54(46-22-12-11-21-44(46)47)53-43-20-10-9-15-37(43)26-30-49(53)55(52)42-27-23-35(24-28-42)40-25-29-45-48-31-38-16-7-8-17-39(38)32-51(48)56(50(45)33-40)41-18-5-2-6-19-41/h1-7,9-16,18-34H,8,17H2. The second-order valence-corrected chi connectivity index (χ2v) is 15.2. The lowest BCUT2D eigenvalue weighted by Crippen LogP contribution is -1.97. The Bertz CT molecular complexity index is 3380. The molecule has 0 radical (unpaired) electrons. The van der Waals surface area contributed by atoms with Crippen LogP contribution in [0.2, 0.25) is 0 Å². The molecule has 0 spiro atoms. The van der Waals surface area contributed by atoms with Crippen molar-refractivity contribution >= 4 is 71.2 Å². The van der Waals surface area contributed by atoms with E-state index in [4.69, 9.17) is 0 Å². The lowest BCUT2D eigenvalue weighted by Gasteiger charge is -2.13. The van der Waals surface area contributed by atoms with Gasteiger partial charge in [0.2, 0.25) is 0 Å². The summed E-state index contributed by atoms with van der Waals surface area (Å²) < 4.78 is 4.94. The van der Waals surface area contributed by atoms with Gasteiger partial charge in [-0.3, -0.25) is 0 Å². The molecule has 2 heterocycles. The zero-order valence-corrected chi connectivity index (χ0v) is 30.8. The molecule has 0 N–H and O–H groups in total. The van der Waals surface area contributed by atoms with Gasteiger partial charge in [0.1, 0.15) is 0 Å². The Labute approximate surface area is 324 Å². The van der Waals surface area contributed by atoms with Crippen LogP contribution in [-0.2, 0) is 6.42 Å². The van der Waals surface area contributed by atoms with Crippen molar-refractivity contribution in [3.8, 4) is 33.6 Å². The highest BCUT2D eigenvalue weighted by atomic mass is 15.0. The first kappa shape index (κ1) is 31.2. The molecule has 0 unspecified atom stereocenters. The summed E-state index contributed by atoms with van der Waals surface area (Å²) in [7, 11) is 0. The average Bonchev–Trinajstić information content (AvgIpc) is 3.78. The van der Waals surface area contributed by atoms with Crippen molar-refractivity contribution in [2.45, 2.75) is 12.8 Å². The summed E-state index contributed by atoms with van der Waals surface area (Å²) in [5.74, 6) is 0. The van der Waals surface area contributed by atoms with Gasteiger partial charge in [-0.05, 0) is 122 Å². The predicted molar refractivity (Wildman–Crippen MR) is 238 cm³/mol. The van der Waals surface area contributed by atoms with Crippen LogP contribution in [0.25, 0.3) is 105 Å². The molecule has 0 saturated heterocycles. The Morgan fingerprint density at radius 3 is 1.88 bits per heavy atom. The lowest BCUT2D eigenvalue weighted by molar-refractivity contribution is 0.986. The number of hydrogen-bond acceptors (Lipinski definition) is 0. The van der Waals surface area contributed by atoms with E-state index in [2.05, 4.69) is 203 Å². The molecule has 0 atom stereocenters. The minimum absolute atomic E-state index is 1.08. The van der Waals surface area contributed by atoms with Crippen LogP contribution in [0.3, 0.4) is 0 Å². The highest BCUT2D eigenvalue weighted by Gasteiger charge is 2.21. The van der Waals surface area contributed by atoms with E-state index in [1.165, 1.54) is 104 Å². The fourth-order valence-electron chi connectivity index (χ4n) is 9.55. The van der Waals surface area contributed by atoms with Crippen LogP contribution in [-0.4, -0.2) is 9.13 Å². The third kappa shape index (κ3) is 4.63. The molecule has 0 bridgehead atoms. The summed E-state index contributed by atoms with van der Waals surface area (Å²) in [6, 6.07) is 67.4.